The summed E-state index contributed by atoms with van der Waals surface area (Å²) in [4.78, 5) is 6.72. The molecule has 1 saturated heterocycles. The van der Waals surface area contributed by atoms with Gasteiger partial charge in [-0.1, -0.05) is 6.92 Å². The Balaban J connectivity index is 1.98. The first-order valence-electron chi connectivity index (χ1n) is 7.31. The average molecular weight is 263 g/mol. The van der Waals surface area contributed by atoms with Crippen LogP contribution in [0.15, 0.2) is 18.3 Å². The number of nitrogens with one attached hydrogen (secondary N) is 1. The van der Waals surface area contributed by atoms with Crippen molar-refractivity contribution in [1.29, 1.82) is 0 Å². The normalized spacial score (nSPS) is 16.3. The van der Waals surface area contributed by atoms with Crippen LogP contribution in [-0.4, -0.2) is 38.3 Å². The number of piperidine rings is 1. The molecule has 0 spiro atoms. The fraction of sp³-hybridized carbons (Fsp3) is 0.667. The van der Waals surface area contributed by atoms with E-state index < -0.39 is 0 Å². The van der Waals surface area contributed by atoms with Crippen LogP contribution in [0.2, 0.25) is 0 Å². The third kappa shape index (κ3) is 4.10. The Labute approximate surface area is 116 Å². The van der Waals surface area contributed by atoms with E-state index in [1.54, 1.807) is 0 Å². The molecule has 1 aromatic rings. The molecule has 0 atom stereocenters. The van der Waals surface area contributed by atoms with Crippen molar-refractivity contribution in [3.63, 3.8) is 0 Å². The highest BCUT2D eigenvalue weighted by atomic mass is 16.5. The molecule has 2 rings (SSSR count). The molecule has 0 saturated carbocycles. The van der Waals surface area contributed by atoms with E-state index in [9.17, 15) is 0 Å². The van der Waals surface area contributed by atoms with E-state index in [2.05, 4.69) is 29.2 Å². The minimum absolute atomic E-state index is 0.750. The van der Waals surface area contributed by atoms with Crippen LogP contribution in [-0.2, 0) is 0 Å². The van der Waals surface area contributed by atoms with E-state index in [1.165, 1.54) is 12.8 Å². The standard InChI is InChI=1S/C15H25N3O/c1-3-11-19-14-5-4-8-17-15(14)18(2)12-13-6-9-16-10-7-13/h4-5,8,13,16H,3,6-7,9-12H2,1-2H3. The van der Waals surface area contributed by atoms with E-state index in [4.69, 9.17) is 4.74 Å². The van der Waals surface area contributed by atoms with Gasteiger partial charge < -0.3 is 15.0 Å². The molecule has 1 N–H and O–H groups in total. The summed E-state index contributed by atoms with van der Waals surface area (Å²) < 4.78 is 5.78. The number of anilines is 1. The summed E-state index contributed by atoms with van der Waals surface area (Å²) in [5.41, 5.74) is 0. The minimum Gasteiger partial charge on any atom is -0.490 e. The molecule has 1 aromatic heterocycles. The Kier molecular flexibility index (Phi) is 5.45. The SMILES string of the molecule is CCCOc1cccnc1N(C)CC1CCNCC1. The monoisotopic (exact) mass is 263 g/mol. The first kappa shape index (κ1) is 14.1. The Morgan fingerprint density at radius 2 is 2.21 bits per heavy atom. The lowest BCUT2D eigenvalue weighted by molar-refractivity contribution is 0.315. The van der Waals surface area contributed by atoms with E-state index in [0.717, 1.165) is 50.1 Å². The minimum atomic E-state index is 0.750. The zero-order chi connectivity index (χ0) is 13.5. The lowest BCUT2D eigenvalue weighted by Crippen LogP contribution is -2.35. The molecule has 4 heteroatoms. The molecule has 2 heterocycles. The molecule has 0 radical (unpaired) electrons. The van der Waals surface area contributed by atoms with Gasteiger partial charge in [-0.05, 0) is 50.4 Å². The molecule has 0 aliphatic carbocycles. The second-order valence-corrected chi connectivity index (χ2v) is 5.25. The zero-order valence-electron chi connectivity index (χ0n) is 12.1. The van der Waals surface area contributed by atoms with Gasteiger partial charge in [-0.25, -0.2) is 4.98 Å². The number of ether oxygens (including phenoxy) is 1. The van der Waals surface area contributed by atoms with Crippen molar-refractivity contribution in [3.05, 3.63) is 18.3 Å². The second kappa shape index (κ2) is 7.34. The number of hydrogen-bond donors (Lipinski definition) is 1. The van der Waals surface area contributed by atoms with Gasteiger partial charge in [0.05, 0.1) is 6.61 Å². The first-order chi connectivity index (χ1) is 9.31. The quantitative estimate of drug-likeness (QED) is 0.854. The van der Waals surface area contributed by atoms with E-state index >= 15 is 0 Å². The number of rotatable bonds is 6. The molecule has 0 bridgehead atoms. The predicted octanol–water partition coefficient (Wildman–Crippen LogP) is 2.31. The average Bonchev–Trinajstić information content (AvgIpc) is 2.46. The van der Waals surface area contributed by atoms with Crippen molar-refractivity contribution < 1.29 is 4.74 Å². The van der Waals surface area contributed by atoms with Crippen LogP contribution in [0.3, 0.4) is 0 Å². The maximum Gasteiger partial charge on any atom is 0.171 e. The van der Waals surface area contributed by atoms with Crippen molar-refractivity contribution in [2.45, 2.75) is 26.2 Å². The Hall–Kier alpha value is -1.29. The Bertz CT molecular complexity index is 377. The van der Waals surface area contributed by atoms with E-state index in [-0.39, 0.29) is 0 Å². The van der Waals surface area contributed by atoms with Gasteiger partial charge in [0.15, 0.2) is 11.6 Å². The van der Waals surface area contributed by atoms with Crippen LogP contribution in [0.1, 0.15) is 26.2 Å². The molecule has 106 valence electrons. The van der Waals surface area contributed by atoms with Gasteiger partial charge in [0.1, 0.15) is 0 Å². The summed E-state index contributed by atoms with van der Waals surface area (Å²) >= 11 is 0. The molecular weight excluding hydrogens is 238 g/mol. The van der Waals surface area contributed by atoms with Crippen molar-refractivity contribution in [3.8, 4) is 5.75 Å². The number of nitrogens with zero attached hydrogens (tertiary/aromatic N) is 2. The third-order valence-corrected chi connectivity index (χ3v) is 3.56. The van der Waals surface area contributed by atoms with Crippen LogP contribution in [0.25, 0.3) is 0 Å². The Morgan fingerprint density at radius 1 is 1.42 bits per heavy atom. The summed E-state index contributed by atoms with van der Waals surface area (Å²) in [6, 6.07) is 3.95. The first-order valence-corrected chi connectivity index (χ1v) is 7.31. The summed E-state index contributed by atoms with van der Waals surface area (Å²) in [5.74, 6) is 2.63. The number of hydrogen-bond acceptors (Lipinski definition) is 4. The summed E-state index contributed by atoms with van der Waals surface area (Å²) in [6.45, 7) is 6.20. The molecular formula is C15H25N3O. The molecule has 1 fully saturated rings. The van der Waals surface area contributed by atoms with E-state index in [0.29, 0.717) is 0 Å². The fourth-order valence-electron chi connectivity index (χ4n) is 2.53. The van der Waals surface area contributed by atoms with Gasteiger partial charge in [-0.3, -0.25) is 0 Å². The van der Waals surface area contributed by atoms with Crippen molar-refractivity contribution >= 4 is 5.82 Å². The maximum absolute atomic E-state index is 5.78. The molecule has 19 heavy (non-hydrogen) atoms. The van der Waals surface area contributed by atoms with Gasteiger partial charge >= 0.3 is 0 Å². The molecule has 4 nitrogen and oxygen atoms in total. The number of pyridine rings is 1. The molecule has 0 amide bonds. The Morgan fingerprint density at radius 3 is 2.95 bits per heavy atom. The van der Waals surface area contributed by atoms with Crippen molar-refractivity contribution in [1.82, 2.24) is 10.3 Å². The summed E-state index contributed by atoms with van der Waals surface area (Å²) in [7, 11) is 2.11. The molecule has 0 unspecified atom stereocenters. The van der Waals surface area contributed by atoms with Gasteiger partial charge in [-0.15, -0.1) is 0 Å². The predicted molar refractivity (Wildman–Crippen MR) is 78.9 cm³/mol. The highest BCUT2D eigenvalue weighted by Gasteiger charge is 2.17. The highest BCUT2D eigenvalue weighted by Crippen LogP contribution is 2.26. The highest BCUT2D eigenvalue weighted by molar-refractivity contribution is 5.51. The van der Waals surface area contributed by atoms with Crippen LogP contribution < -0.4 is 15.0 Å². The van der Waals surface area contributed by atoms with Gasteiger partial charge in [0, 0.05) is 19.8 Å². The summed E-state index contributed by atoms with van der Waals surface area (Å²) in [5, 5.41) is 3.41. The van der Waals surface area contributed by atoms with Crippen LogP contribution >= 0.6 is 0 Å². The van der Waals surface area contributed by atoms with Crippen LogP contribution in [0.5, 0.6) is 5.75 Å². The zero-order valence-corrected chi connectivity index (χ0v) is 12.1. The van der Waals surface area contributed by atoms with Gasteiger partial charge in [0.2, 0.25) is 0 Å². The van der Waals surface area contributed by atoms with Crippen molar-refractivity contribution in [2.75, 3.05) is 38.2 Å². The fourth-order valence-corrected chi connectivity index (χ4v) is 2.53. The second-order valence-electron chi connectivity index (χ2n) is 5.25. The molecule has 1 aliphatic rings. The van der Waals surface area contributed by atoms with Crippen LogP contribution in [0.4, 0.5) is 5.82 Å². The lowest BCUT2D eigenvalue weighted by atomic mass is 9.98. The van der Waals surface area contributed by atoms with Crippen molar-refractivity contribution in [2.24, 2.45) is 5.92 Å². The maximum atomic E-state index is 5.78. The third-order valence-electron chi connectivity index (χ3n) is 3.56. The smallest absolute Gasteiger partial charge is 0.171 e. The number of aromatic nitrogens is 1. The largest absolute Gasteiger partial charge is 0.490 e. The lowest BCUT2D eigenvalue weighted by Gasteiger charge is -2.29. The summed E-state index contributed by atoms with van der Waals surface area (Å²) in [6.07, 6.45) is 5.37. The van der Waals surface area contributed by atoms with Gasteiger partial charge in [0.25, 0.3) is 0 Å². The molecule has 0 aromatic carbocycles. The van der Waals surface area contributed by atoms with Gasteiger partial charge in [-0.2, -0.15) is 0 Å². The molecule has 1 aliphatic heterocycles. The van der Waals surface area contributed by atoms with Crippen LogP contribution in [0, 0.1) is 5.92 Å². The van der Waals surface area contributed by atoms with E-state index in [1.807, 2.05) is 18.3 Å². The topological polar surface area (TPSA) is 37.4 Å².